The lowest BCUT2D eigenvalue weighted by atomic mass is 10.1. The molecular weight excluding hydrogens is 371 g/mol. The van der Waals surface area contributed by atoms with Gasteiger partial charge in [-0.15, -0.1) is 0 Å². The summed E-state index contributed by atoms with van der Waals surface area (Å²) >= 11 is 0. The zero-order valence-electron chi connectivity index (χ0n) is 15.7. The largest absolute Gasteiger partial charge is 0.494 e. The Morgan fingerprint density at radius 1 is 1.14 bits per heavy atom. The molecule has 2 aromatic rings. The minimum Gasteiger partial charge on any atom is -0.494 e. The number of nitrogens with zero attached hydrogens (tertiary/aromatic N) is 1. The average Bonchev–Trinajstić information content (AvgIpc) is 2.67. The van der Waals surface area contributed by atoms with E-state index in [0.717, 1.165) is 23.6 Å². The van der Waals surface area contributed by atoms with Crippen LogP contribution in [0.25, 0.3) is 0 Å². The zero-order valence-corrected chi connectivity index (χ0v) is 15.7. The molecular formula is C20H24F3N3O2. The van der Waals surface area contributed by atoms with Gasteiger partial charge in [0.25, 0.3) is 0 Å². The van der Waals surface area contributed by atoms with Gasteiger partial charge in [-0.2, -0.15) is 13.2 Å². The van der Waals surface area contributed by atoms with Crippen LogP contribution in [-0.2, 0) is 17.4 Å². The molecule has 0 saturated carbocycles. The minimum absolute atomic E-state index is 0.0565. The van der Waals surface area contributed by atoms with Crippen LogP contribution >= 0.6 is 0 Å². The summed E-state index contributed by atoms with van der Waals surface area (Å²) in [5.74, 6) is 1.11. The highest BCUT2D eigenvalue weighted by molar-refractivity contribution is 5.76. The fraction of sp³-hybridized carbons (Fsp3) is 0.400. The van der Waals surface area contributed by atoms with Gasteiger partial charge in [-0.25, -0.2) is 4.98 Å². The molecule has 0 radical (unpaired) electrons. The highest BCUT2D eigenvalue weighted by atomic mass is 19.4. The van der Waals surface area contributed by atoms with Crippen molar-refractivity contribution >= 4 is 11.7 Å². The molecule has 2 N–H and O–H groups in total. The molecule has 0 aliphatic carbocycles. The van der Waals surface area contributed by atoms with Crippen molar-refractivity contribution in [2.24, 2.45) is 0 Å². The van der Waals surface area contributed by atoms with Gasteiger partial charge in [0.1, 0.15) is 11.6 Å². The molecule has 28 heavy (non-hydrogen) atoms. The van der Waals surface area contributed by atoms with Crippen LogP contribution in [0.5, 0.6) is 5.75 Å². The summed E-state index contributed by atoms with van der Waals surface area (Å²) < 4.78 is 43.0. The topological polar surface area (TPSA) is 63.2 Å². The molecule has 1 aromatic heterocycles. The van der Waals surface area contributed by atoms with Crippen molar-refractivity contribution in [3.63, 3.8) is 0 Å². The van der Waals surface area contributed by atoms with Gasteiger partial charge in [0.15, 0.2) is 0 Å². The number of amides is 1. The number of para-hydroxylation sites is 1. The zero-order chi connectivity index (χ0) is 20.4. The number of hydrogen-bond acceptors (Lipinski definition) is 4. The second-order valence-corrected chi connectivity index (χ2v) is 6.10. The van der Waals surface area contributed by atoms with E-state index in [1.165, 1.54) is 6.07 Å². The molecule has 8 heteroatoms. The molecule has 0 aliphatic rings. The first kappa shape index (κ1) is 21.5. The predicted octanol–water partition coefficient (Wildman–Crippen LogP) is 4.05. The highest BCUT2D eigenvalue weighted by Gasteiger charge is 2.30. The maximum atomic E-state index is 12.5. The third-order valence-electron chi connectivity index (χ3n) is 3.97. The van der Waals surface area contributed by atoms with E-state index in [1.54, 1.807) is 0 Å². The third-order valence-corrected chi connectivity index (χ3v) is 3.97. The number of benzene rings is 1. The second-order valence-electron chi connectivity index (χ2n) is 6.10. The van der Waals surface area contributed by atoms with Crippen molar-refractivity contribution in [3.05, 3.63) is 53.7 Å². The SMILES string of the molecule is CCOc1ccccc1CCC(=O)NCCCNc1ccc(C(F)(F)F)cn1. The number of aromatic nitrogens is 1. The average molecular weight is 395 g/mol. The van der Waals surface area contributed by atoms with Crippen LogP contribution in [0.1, 0.15) is 30.9 Å². The van der Waals surface area contributed by atoms with Gasteiger partial charge in [0.05, 0.1) is 12.2 Å². The number of alkyl halides is 3. The van der Waals surface area contributed by atoms with Crippen molar-refractivity contribution in [3.8, 4) is 5.75 Å². The van der Waals surface area contributed by atoms with Crippen molar-refractivity contribution in [2.45, 2.75) is 32.4 Å². The molecule has 2 rings (SSSR count). The van der Waals surface area contributed by atoms with Crippen LogP contribution < -0.4 is 15.4 Å². The molecule has 0 bridgehead atoms. The normalized spacial score (nSPS) is 11.1. The van der Waals surface area contributed by atoms with E-state index in [9.17, 15) is 18.0 Å². The number of carbonyl (C=O) groups excluding carboxylic acids is 1. The van der Waals surface area contributed by atoms with Crippen molar-refractivity contribution < 1.29 is 22.7 Å². The fourth-order valence-electron chi connectivity index (χ4n) is 2.54. The first-order valence-corrected chi connectivity index (χ1v) is 9.14. The summed E-state index contributed by atoms with van der Waals surface area (Å²) in [7, 11) is 0. The van der Waals surface area contributed by atoms with Gasteiger partial charge in [-0.1, -0.05) is 18.2 Å². The lowest BCUT2D eigenvalue weighted by molar-refractivity contribution is -0.137. The van der Waals surface area contributed by atoms with Gasteiger partial charge < -0.3 is 15.4 Å². The number of aryl methyl sites for hydroxylation is 1. The molecule has 152 valence electrons. The Labute approximate surface area is 162 Å². The Morgan fingerprint density at radius 2 is 1.93 bits per heavy atom. The number of carbonyl (C=O) groups is 1. The van der Waals surface area contributed by atoms with E-state index >= 15 is 0 Å². The van der Waals surface area contributed by atoms with Crippen molar-refractivity contribution in [2.75, 3.05) is 25.0 Å². The quantitative estimate of drug-likeness (QED) is 0.596. The number of halogens is 3. The number of nitrogens with one attached hydrogen (secondary N) is 2. The molecule has 0 unspecified atom stereocenters. The van der Waals surface area contributed by atoms with Gasteiger partial charge in [-0.3, -0.25) is 4.79 Å². The van der Waals surface area contributed by atoms with Gasteiger partial charge >= 0.3 is 6.18 Å². The Balaban J connectivity index is 1.64. The van der Waals surface area contributed by atoms with Crippen LogP contribution in [0.3, 0.4) is 0 Å². The van der Waals surface area contributed by atoms with Crippen LogP contribution in [0.2, 0.25) is 0 Å². The van der Waals surface area contributed by atoms with E-state index < -0.39 is 11.7 Å². The molecule has 1 amide bonds. The van der Waals surface area contributed by atoms with Crippen molar-refractivity contribution in [1.29, 1.82) is 0 Å². The van der Waals surface area contributed by atoms with Gasteiger partial charge in [0.2, 0.25) is 5.91 Å². The van der Waals surface area contributed by atoms with E-state index in [0.29, 0.717) is 44.8 Å². The van der Waals surface area contributed by atoms with E-state index in [2.05, 4.69) is 15.6 Å². The van der Waals surface area contributed by atoms with E-state index in [1.807, 2.05) is 31.2 Å². The second kappa shape index (κ2) is 10.5. The van der Waals surface area contributed by atoms with E-state index in [-0.39, 0.29) is 5.91 Å². The van der Waals surface area contributed by atoms with Crippen LogP contribution in [0.4, 0.5) is 19.0 Å². The summed E-state index contributed by atoms with van der Waals surface area (Å²) in [6.45, 7) is 3.45. The highest BCUT2D eigenvalue weighted by Crippen LogP contribution is 2.28. The monoisotopic (exact) mass is 395 g/mol. The molecule has 5 nitrogen and oxygen atoms in total. The number of rotatable bonds is 10. The maximum Gasteiger partial charge on any atom is 0.417 e. The Kier molecular flexibility index (Phi) is 8.10. The Morgan fingerprint density at radius 3 is 2.61 bits per heavy atom. The molecule has 0 spiro atoms. The summed E-state index contributed by atoms with van der Waals surface area (Å²) in [5.41, 5.74) is 0.214. The van der Waals surface area contributed by atoms with E-state index in [4.69, 9.17) is 4.74 Å². The standard InChI is InChI=1S/C20H24F3N3O2/c1-2-28-17-7-4-3-6-15(17)8-11-19(27)25-13-5-12-24-18-10-9-16(14-26-18)20(21,22)23/h3-4,6-7,9-10,14H,2,5,8,11-13H2,1H3,(H,24,26)(H,25,27). The lowest BCUT2D eigenvalue weighted by Crippen LogP contribution is -2.26. The molecule has 0 atom stereocenters. The Bertz CT molecular complexity index is 749. The smallest absolute Gasteiger partial charge is 0.417 e. The van der Waals surface area contributed by atoms with Gasteiger partial charge in [0, 0.05) is 25.7 Å². The predicted molar refractivity (Wildman–Crippen MR) is 101 cm³/mol. The number of anilines is 1. The summed E-state index contributed by atoms with van der Waals surface area (Å²) in [5, 5.41) is 5.76. The molecule has 1 heterocycles. The summed E-state index contributed by atoms with van der Waals surface area (Å²) in [6.07, 6.45) is -2.01. The first-order chi connectivity index (χ1) is 13.4. The number of ether oxygens (including phenoxy) is 1. The van der Waals surface area contributed by atoms with Crippen LogP contribution in [0, 0.1) is 0 Å². The fourth-order valence-corrected chi connectivity index (χ4v) is 2.54. The molecule has 0 saturated heterocycles. The minimum atomic E-state index is -4.39. The van der Waals surface area contributed by atoms with Crippen molar-refractivity contribution in [1.82, 2.24) is 10.3 Å². The van der Waals surface area contributed by atoms with Crippen LogP contribution in [-0.4, -0.2) is 30.6 Å². The first-order valence-electron chi connectivity index (χ1n) is 9.14. The number of hydrogen-bond donors (Lipinski definition) is 2. The molecule has 0 aliphatic heterocycles. The van der Waals surface area contributed by atoms with Gasteiger partial charge in [-0.05, 0) is 43.5 Å². The summed E-state index contributed by atoms with van der Waals surface area (Å²) in [6, 6.07) is 9.91. The Hall–Kier alpha value is -2.77. The summed E-state index contributed by atoms with van der Waals surface area (Å²) in [4.78, 5) is 15.7. The lowest BCUT2D eigenvalue weighted by Gasteiger charge is -2.10. The molecule has 0 fully saturated rings. The number of pyridine rings is 1. The van der Waals surface area contributed by atoms with Crippen LogP contribution in [0.15, 0.2) is 42.6 Å². The maximum absolute atomic E-state index is 12.5. The third kappa shape index (κ3) is 7.09. The molecule has 1 aromatic carbocycles.